The molecule has 1 aliphatic heterocycles. The van der Waals surface area contributed by atoms with Crippen molar-refractivity contribution in [2.24, 2.45) is 10.7 Å². The highest BCUT2D eigenvalue weighted by Gasteiger charge is 2.04. The average Bonchev–Trinajstić information content (AvgIpc) is 1.59. The summed E-state index contributed by atoms with van der Waals surface area (Å²) >= 11 is 5.60. The van der Waals surface area contributed by atoms with Gasteiger partial charge in [-0.15, -0.1) is 0 Å². The quantitative estimate of drug-likeness (QED) is 0.484. The maximum atomic E-state index is 5.60. The monoisotopic (exact) mass is 145 g/mol. The van der Waals surface area contributed by atoms with Crippen molar-refractivity contribution in [3.63, 3.8) is 0 Å². The molecule has 0 aliphatic carbocycles. The van der Waals surface area contributed by atoms with Crippen molar-refractivity contribution in [3.8, 4) is 0 Å². The Morgan fingerprint density at radius 3 is 3.00 bits per heavy atom. The Bertz CT molecular complexity index is 155. The summed E-state index contributed by atoms with van der Waals surface area (Å²) in [6.45, 7) is 1.81. The Morgan fingerprint density at radius 1 is 1.89 bits per heavy atom. The normalized spacial score (nSPS) is 26.3. The van der Waals surface area contributed by atoms with E-state index in [-0.39, 0.29) is 6.17 Å². The van der Waals surface area contributed by atoms with E-state index in [1.165, 1.54) is 0 Å². The Labute approximate surface area is 58.6 Å². The third-order valence-electron chi connectivity index (χ3n) is 0.960. The lowest BCUT2D eigenvalue weighted by Gasteiger charge is -2.12. The number of nitrogens with zero attached hydrogens (tertiary/aromatic N) is 1. The minimum Gasteiger partial charge on any atom is -0.335 e. The average molecular weight is 146 g/mol. The van der Waals surface area contributed by atoms with E-state index in [1.54, 1.807) is 6.08 Å². The fourth-order valence-electron chi connectivity index (χ4n) is 0.658. The molecule has 1 rings (SSSR count). The molecule has 1 atom stereocenters. The van der Waals surface area contributed by atoms with Crippen LogP contribution < -0.4 is 11.1 Å². The van der Waals surface area contributed by atoms with Gasteiger partial charge in [0.25, 0.3) is 0 Å². The second-order valence-corrected chi connectivity index (χ2v) is 2.25. The molecule has 0 amide bonds. The van der Waals surface area contributed by atoms with Crippen molar-refractivity contribution in [2.45, 2.75) is 13.1 Å². The van der Waals surface area contributed by atoms with Gasteiger partial charge >= 0.3 is 0 Å². The maximum absolute atomic E-state index is 5.60. The third kappa shape index (κ3) is 1.69. The lowest BCUT2D eigenvalue weighted by molar-refractivity contribution is 0.835. The molecule has 4 heteroatoms. The first-order valence-corrected chi connectivity index (χ1v) is 3.00. The number of rotatable bonds is 0. The Balaban J connectivity index is 2.69. The van der Waals surface area contributed by atoms with Crippen molar-refractivity contribution in [1.29, 1.82) is 0 Å². The maximum Gasteiger partial charge on any atom is 0.121 e. The molecule has 1 heterocycles. The van der Waals surface area contributed by atoms with Gasteiger partial charge in [-0.3, -0.25) is 0 Å². The van der Waals surface area contributed by atoms with Gasteiger partial charge < -0.3 is 11.1 Å². The third-order valence-corrected chi connectivity index (χ3v) is 1.18. The van der Waals surface area contributed by atoms with E-state index in [9.17, 15) is 0 Å². The van der Waals surface area contributed by atoms with Gasteiger partial charge in [0.05, 0.1) is 0 Å². The largest absolute Gasteiger partial charge is 0.335 e. The van der Waals surface area contributed by atoms with Crippen molar-refractivity contribution in [3.05, 3.63) is 11.2 Å². The first-order valence-electron chi connectivity index (χ1n) is 2.63. The van der Waals surface area contributed by atoms with Crippen LogP contribution in [0.25, 0.3) is 0 Å². The van der Waals surface area contributed by atoms with Gasteiger partial charge in [0.15, 0.2) is 0 Å². The van der Waals surface area contributed by atoms with Gasteiger partial charge in [0, 0.05) is 0 Å². The molecule has 50 valence electrons. The molecule has 0 aromatic rings. The zero-order chi connectivity index (χ0) is 6.85. The van der Waals surface area contributed by atoms with Crippen LogP contribution >= 0.6 is 11.6 Å². The summed E-state index contributed by atoms with van der Waals surface area (Å²) in [5.41, 5.74) is 5.43. The number of hydrogen-bond acceptors (Lipinski definition) is 3. The highest BCUT2D eigenvalue weighted by molar-refractivity contribution is 6.30. The second-order valence-electron chi connectivity index (χ2n) is 1.84. The van der Waals surface area contributed by atoms with Gasteiger partial charge in [-0.05, 0) is 13.0 Å². The predicted octanol–water partition coefficient (Wildman–Crippen LogP) is 0.373. The lowest BCUT2D eigenvalue weighted by atomic mass is 10.4. The summed E-state index contributed by atoms with van der Waals surface area (Å²) in [6, 6.07) is 0. The molecule has 3 N–H and O–H groups in total. The predicted molar refractivity (Wildman–Crippen MR) is 38.2 cm³/mol. The molecule has 1 aliphatic rings. The molecule has 0 spiro atoms. The molecule has 0 fully saturated rings. The van der Waals surface area contributed by atoms with E-state index in [2.05, 4.69) is 10.3 Å². The standard InChI is InChI=1S/C5H8ClN3/c1-3-8-4(6)2-5(7)9-3/h2,5H,7H2,1H3,(H,8,9). The van der Waals surface area contributed by atoms with E-state index in [4.69, 9.17) is 17.3 Å². The Morgan fingerprint density at radius 2 is 2.56 bits per heavy atom. The van der Waals surface area contributed by atoms with Crippen LogP contribution in [0.3, 0.4) is 0 Å². The zero-order valence-electron chi connectivity index (χ0n) is 5.06. The van der Waals surface area contributed by atoms with Crippen LogP contribution in [0.2, 0.25) is 0 Å². The summed E-state index contributed by atoms with van der Waals surface area (Å²) in [5.74, 6) is 0.759. The van der Waals surface area contributed by atoms with Crippen molar-refractivity contribution in [2.75, 3.05) is 0 Å². The number of halogens is 1. The first kappa shape index (κ1) is 6.58. The van der Waals surface area contributed by atoms with Gasteiger partial charge in [-0.2, -0.15) is 0 Å². The van der Waals surface area contributed by atoms with Crippen LogP contribution in [0.5, 0.6) is 0 Å². The lowest BCUT2D eigenvalue weighted by Crippen LogP contribution is -2.29. The Kier molecular flexibility index (Phi) is 1.73. The number of amidine groups is 1. The molecule has 3 nitrogen and oxygen atoms in total. The fraction of sp³-hybridized carbons (Fsp3) is 0.400. The topological polar surface area (TPSA) is 50.4 Å². The number of nitrogens with one attached hydrogen (secondary N) is 1. The molecular weight excluding hydrogens is 138 g/mol. The van der Waals surface area contributed by atoms with Crippen LogP contribution in [0.1, 0.15) is 6.92 Å². The first-order chi connectivity index (χ1) is 4.18. The minimum absolute atomic E-state index is 0.279. The highest BCUT2D eigenvalue weighted by atomic mass is 35.5. The van der Waals surface area contributed by atoms with Crippen molar-refractivity contribution < 1.29 is 0 Å². The Hall–Kier alpha value is -0.540. The number of nitrogens with two attached hydrogens (primary N) is 1. The van der Waals surface area contributed by atoms with Crippen molar-refractivity contribution in [1.82, 2.24) is 5.32 Å². The smallest absolute Gasteiger partial charge is 0.121 e. The highest BCUT2D eigenvalue weighted by Crippen LogP contribution is 2.03. The van der Waals surface area contributed by atoms with Crippen LogP contribution in [0.4, 0.5) is 0 Å². The van der Waals surface area contributed by atoms with Gasteiger partial charge in [-0.25, -0.2) is 4.99 Å². The van der Waals surface area contributed by atoms with Crippen LogP contribution in [-0.4, -0.2) is 12.0 Å². The summed E-state index contributed by atoms with van der Waals surface area (Å²) in [4.78, 5) is 3.96. The molecule has 0 saturated carbocycles. The summed E-state index contributed by atoms with van der Waals surface area (Å²) < 4.78 is 0. The van der Waals surface area contributed by atoms with Crippen LogP contribution in [-0.2, 0) is 0 Å². The molecule has 1 unspecified atom stereocenters. The van der Waals surface area contributed by atoms with E-state index in [1.807, 2.05) is 6.92 Å². The van der Waals surface area contributed by atoms with E-state index < -0.39 is 0 Å². The number of aliphatic imine (C=N–C) groups is 1. The minimum atomic E-state index is -0.279. The van der Waals surface area contributed by atoms with E-state index in [0.29, 0.717) is 5.16 Å². The van der Waals surface area contributed by atoms with Gasteiger partial charge in [0.2, 0.25) is 0 Å². The second kappa shape index (κ2) is 2.37. The van der Waals surface area contributed by atoms with Crippen LogP contribution in [0, 0.1) is 0 Å². The van der Waals surface area contributed by atoms with E-state index >= 15 is 0 Å². The van der Waals surface area contributed by atoms with Crippen LogP contribution in [0.15, 0.2) is 16.2 Å². The van der Waals surface area contributed by atoms with Gasteiger partial charge in [-0.1, -0.05) is 11.6 Å². The molecule has 9 heavy (non-hydrogen) atoms. The fourth-order valence-corrected chi connectivity index (χ4v) is 0.923. The molecule has 0 bridgehead atoms. The van der Waals surface area contributed by atoms with Crippen molar-refractivity contribution >= 4 is 17.4 Å². The molecule has 0 aromatic carbocycles. The number of hydrogen-bond donors (Lipinski definition) is 2. The molecule has 0 radical (unpaired) electrons. The summed E-state index contributed by atoms with van der Waals surface area (Å²) in [7, 11) is 0. The van der Waals surface area contributed by atoms with Gasteiger partial charge in [0.1, 0.15) is 17.2 Å². The molecular formula is C5H8ClN3. The summed E-state index contributed by atoms with van der Waals surface area (Å²) in [5, 5.41) is 3.36. The molecule has 0 saturated heterocycles. The molecule has 0 aromatic heterocycles. The SMILES string of the molecule is CC1=NC(N)C=C(Cl)N1. The summed E-state index contributed by atoms with van der Waals surface area (Å²) in [6.07, 6.45) is 1.37. The van der Waals surface area contributed by atoms with E-state index in [0.717, 1.165) is 5.84 Å². The zero-order valence-corrected chi connectivity index (χ0v) is 5.81.